The molecule has 4 amide bonds. The summed E-state index contributed by atoms with van der Waals surface area (Å²) in [5.41, 5.74) is 2.69. The van der Waals surface area contributed by atoms with Crippen molar-refractivity contribution >= 4 is 40.4 Å². The van der Waals surface area contributed by atoms with Gasteiger partial charge in [-0.2, -0.15) is 0 Å². The molecule has 0 bridgehead atoms. The third kappa shape index (κ3) is 3.33. The van der Waals surface area contributed by atoms with E-state index in [1.165, 1.54) is 13.2 Å². The van der Waals surface area contributed by atoms with Gasteiger partial charge in [0, 0.05) is 5.56 Å². The molecule has 150 valence electrons. The van der Waals surface area contributed by atoms with Crippen LogP contribution in [0.4, 0.5) is 10.5 Å². The van der Waals surface area contributed by atoms with Gasteiger partial charge in [-0.1, -0.05) is 36.4 Å². The van der Waals surface area contributed by atoms with Gasteiger partial charge in [-0.3, -0.25) is 14.9 Å². The van der Waals surface area contributed by atoms with Crippen molar-refractivity contribution in [1.29, 1.82) is 0 Å². The number of methoxy groups -OCH3 is 1. The summed E-state index contributed by atoms with van der Waals surface area (Å²) in [6.07, 6.45) is 1.49. The third-order valence-electron chi connectivity index (χ3n) is 5.01. The Bertz CT molecular complexity index is 1220. The number of nitrogens with zero attached hydrogens (tertiary/aromatic N) is 1. The quantitative estimate of drug-likeness (QED) is 0.530. The Balaban J connectivity index is 1.87. The molecule has 1 N–H and O–H groups in total. The Labute approximate surface area is 173 Å². The van der Waals surface area contributed by atoms with Gasteiger partial charge in [-0.05, 0) is 60.0 Å². The second-order valence-corrected chi connectivity index (χ2v) is 7.21. The highest BCUT2D eigenvalue weighted by molar-refractivity contribution is 6.39. The van der Waals surface area contributed by atoms with Crippen molar-refractivity contribution in [3.05, 3.63) is 76.9 Å². The smallest absolute Gasteiger partial charge is 0.335 e. The Hall–Kier alpha value is -3.93. The minimum Gasteiger partial charge on any atom is -0.496 e. The molecule has 6 heteroatoms. The zero-order valence-electron chi connectivity index (χ0n) is 16.9. The number of benzene rings is 3. The Morgan fingerprint density at radius 2 is 1.63 bits per heavy atom. The van der Waals surface area contributed by atoms with Gasteiger partial charge in [-0.25, -0.2) is 9.69 Å². The summed E-state index contributed by atoms with van der Waals surface area (Å²) in [6.45, 7) is 3.76. The predicted octanol–water partition coefficient (Wildman–Crippen LogP) is 4.13. The fourth-order valence-corrected chi connectivity index (χ4v) is 3.72. The van der Waals surface area contributed by atoms with Crippen LogP contribution in [0.1, 0.15) is 16.7 Å². The van der Waals surface area contributed by atoms with Gasteiger partial charge in [0.05, 0.1) is 12.8 Å². The maximum atomic E-state index is 13.2. The Kier molecular flexibility index (Phi) is 4.83. The van der Waals surface area contributed by atoms with Crippen LogP contribution in [0.2, 0.25) is 0 Å². The van der Waals surface area contributed by atoms with Gasteiger partial charge in [0.1, 0.15) is 11.3 Å². The van der Waals surface area contributed by atoms with Crippen LogP contribution in [-0.2, 0) is 9.59 Å². The molecule has 0 atom stereocenters. The SMILES string of the molecule is COc1ccc2ccccc2c1C=C1C(=O)NC(=O)N(c2cc(C)cc(C)c2)C1=O. The molecular formula is C24H20N2O4. The van der Waals surface area contributed by atoms with Crippen molar-refractivity contribution in [2.24, 2.45) is 0 Å². The number of hydrogen-bond donors (Lipinski definition) is 1. The number of nitrogens with one attached hydrogen (secondary N) is 1. The van der Waals surface area contributed by atoms with E-state index in [1.807, 2.05) is 50.2 Å². The lowest BCUT2D eigenvalue weighted by Gasteiger charge is -2.27. The maximum absolute atomic E-state index is 13.2. The molecule has 30 heavy (non-hydrogen) atoms. The van der Waals surface area contributed by atoms with Crippen LogP contribution in [-0.4, -0.2) is 25.0 Å². The van der Waals surface area contributed by atoms with E-state index in [1.54, 1.807) is 18.2 Å². The number of amides is 4. The van der Waals surface area contributed by atoms with Crippen LogP contribution in [0.25, 0.3) is 16.8 Å². The van der Waals surface area contributed by atoms with E-state index in [-0.39, 0.29) is 5.57 Å². The van der Waals surface area contributed by atoms with E-state index in [0.29, 0.717) is 17.0 Å². The first kappa shape index (κ1) is 19.4. The number of carbonyl (C=O) groups excluding carboxylic acids is 3. The van der Waals surface area contributed by atoms with Crippen LogP contribution in [0.5, 0.6) is 5.75 Å². The first-order valence-electron chi connectivity index (χ1n) is 9.44. The van der Waals surface area contributed by atoms with Gasteiger partial charge < -0.3 is 4.74 Å². The summed E-state index contributed by atoms with van der Waals surface area (Å²) >= 11 is 0. The molecule has 1 aliphatic rings. The van der Waals surface area contributed by atoms with E-state index in [4.69, 9.17) is 4.74 Å². The van der Waals surface area contributed by atoms with Gasteiger partial charge in [-0.15, -0.1) is 0 Å². The molecule has 1 saturated heterocycles. The van der Waals surface area contributed by atoms with Crippen molar-refractivity contribution in [3.8, 4) is 5.75 Å². The predicted molar refractivity (Wildman–Crippen MR) is 115 cm³/mol. The van der Waals surface area contributed by atoms with Gasteiger partial charge in [0.15, 0.2) is 0 Å². The summed E-state index contributed by atoms with van der Waals surface area (Å²) in [4.78, 5) is 39.3. The molecule has 4 rings (SSSR count). The van der Waals surface area contributed by atoms with Crippen LogP contribution >= 0.6 is 0 Å². The summed E-state index contributed by atoms with van der Waals surface area (Å²) in [5, 5.41) is 4.05. The molecule has 0 spiro atoms. The molecule has 1 aliphatic heterocycles. The topological polar surface area (TPSA) is 75.7 Å². The van der Waals surface area contributed by atoms with Gasteiger partial charge >= 0.3 is 6.03 Å². The molecule has 3 aromatic rings. The lowest BCUT2D eigenvalue weighted by Crippen LogP contribution is -2.54. The van der Waals surface area contributed by atoms with Crippen molar-refractivity contribution in [2.75, 3.05) is 12.0 Å². The van der Waals surface area contributed by atoms with Crippen LogP contribution in [0.3, 0.4) is 0 Å². The minimum atomic E-state index is -0.767. The van der Waals surface area contributed by atoms with Gasteiger partial charge in [0.2, 0.25) is 0 Å². The Morgan fingerprint density at radius 1 is 0.933 bits per heavy atom. The van der Waals surface area contributed by atoms with E-state index >= 15 is 0 Å². The number of barbiturate groups is 1. The number of hydrogen-bond acceptors (Lipinski definition) is 4. The van der Waals surface area contributed by atoms with Crippen molar-refractivity contribution in [2.45, 2.75) is 13.8 Å². The van der Waals surface area contributed by atoms with E-state index in [2.05, 4.69) is 5.32 Å². The highest BCUT2D eigenvalue weighted by Gasteiger charge is 2.37. The maximum Gasteiger partial charge on any atom is 0.335 e. The number of anilines is 1. The monoisotopic (exact) mass is 400 g/mol. The molecular weight excluding hydrogens is 380 g/mol. The summed E-state index contributed by atoms with van der Waals surface area (Å²) < 4.78 is 5.46. The van der Waals surface area contributed by atoms with E-state index < -0.39 is 17.8 Å². The standard InChI is InChI=1S/C24H20N2O4/c1-14-10-15(2)12-17(11-14)26-23(28)20(22(27)25-24(26)29)13-19-18-7-5-4-6-16(18)8-9-21(19)30-3/h4-13H,1-3H3,(H,25,27,29). The highest BCUT2D eigenvalue weighted by atomic mass is 16.5. The summed E-state index contributed by atoms with van der Waals surface area (Å²) in [7, 11) is 1.53. The zero-order chi connectivity index (χ0) is 21.4. The van der Waals surface area contributed by atoms with Crippen LogP contribution in [0, 0.1) is 13.8 Å². The molecule has 6 nitrogen and oxygen atoms in total. The van der Waals surface area contributed by atoms with Crippen molar-refractivity contribution < 1.29 is 19.1 Å². The zero-order valence-corrected chi connectivity index (χ0v) is 16.9. The van der Waals surface area contributed by atoms with Crippen LogP contribution in [0.15, 0.2) is 60.2 Å². The summed E-state index contributed by atoms with van der Waals surface area (Å²) in [5.74, 6) is -0.888. The highest BCUT2D eigenvalue weighted by Crippen LogP contribution is 2.31. The number of ether oxygens (including phenoxy) is 1. The van der Waals surface area contributed by atoms with Crippen molar-refractivity contribution in [1.82, 2.24) is 5.32 Å². The fraction of sp³-hybridized carbons (Fsp3) is 0.125. The number of rotatable bonds is 3. The lowest BCUT2D eigenvalue weighted by molar-refractivity contribution is -0.122. The number of urea groups is 1. The second kappa shape index (κ2) is 7.48. The molecule has 3 aromatic carbocycles. The molecule has 1 heterocycles. The average molecular weight is 400 g/mol. The molecule has 0 aromatic heterocycles. The molecule has 0 radical (unpaired) electrons. The molecule has 0 saturated carbocycles. The van der Waals surface area contributed by atoms with Gasteiger partial charge in [0.25, 0.3) is 11.8 Å². The van der Waals surface area contributed by atoms with E-state index in [0.717, 1.165) is 26.8 Å². The average Bonchev–Trinajstić information content (AvgIpc) is 2.70. The first-order valence-corrected chi connectivity index (χ1v) is 9.44. The number of aryl methyl sites for hydroxylation is 2. The van der Waals surface area contributed by atoms with Crippen LogP contribution < -0.4 is 15.0 Å². The van der Waals surface area contributed by atoms with Crippen molar-refractivity contribution in [3.63, 3.8) is 0 Å². The minimum absolute atomic E-state index is 0.136. The Morgan fingerprint density at radius 3 is 2.33 bits per heavy atom. The normalized spacial score (nSPS) is 15.6. The second-order valence-electron chi connectivity index (χ2n) is 7.21. The number of fused-ring (bicyclic) bond motifs is 1. The number of carbonyl (C=O) groups is 3. The number of imide groups is 2. The summed E-state index contributed by atoms with van der Waals surface area (Å²) in [6, 6.07) is 15.9. The lowest BCUT2D eigenvalue weighted by atomic mass is 9.99. The first-order chi connectivity index (χ1) is 14.4. The molecule has 1 fully saturated rings. The molecule has 0 unspecified atom stereocenters. The largest absolute Gasteiger partial charge is 0.496 e. The fourth-order valence-electron chi connectivity index (χ4n) is 3.72. The van der Waals surface area contributed by atoms with E-state index in [9.17, 15) is 14.4 Å². The molecule has 0 aliphatic carbocycles. The third-order valence-corrected chi connectivity index (χ3v) is 5.01.